The third-order valence-electron chi connectivity index (χ3n) is 1.58. The minimum Gasteiger partial charge on any atom is -0.482 e. The lowest BCUT2D eigenvalue weighted by Gasteiger charge is -2.07. The highest BCUT2D eigenvalue weighted by Crippen LogP contribution is 2.24. The van der Waals surface area contributed by atoms with Crippen molar-refractivity contribution in [2.45, 2.75) is 6.92 Å². The molecule has 0 aliphatic carbocycles. The molecule has 0 atom stereocenters. The van der Waals surface area contributed by atoms with Gasteiger partial charge in [-0.05, 0) is 28.1 Å². The van der Waals surface area contributed by atoms with E-state index in [-0.39, 0.29) is 5.52 Å². The number of rotatable bonds is 4. The van der Waals surface area contributed by atoms with Crippen molar-refractivity contribution >= 4 is 28.2 Å². The van der Waals surface area contributed by atoms with Gasteiger partial charge in [-0.2, -0.15) is 0 Å². The van der Waals surface area contributed by atoms with Gasteiger partial charge in [-0.15, -0.1) is 0 Å². The van der Waals surface area contributed by atoms with Crippen LogP contribution in [0.15, 0.2) is 18.2 Å². The third kappa shape index (κ3) is 3.36. The number of aldehydes is 1. The van der Waals surface area contributed by atoms with Crippen LogP contribution in [0.1, 0.15) is 17.3 Å². The van der Waals surface area contributed by atoms with Crippen molar-refractivity contribution in [2.24, 2.45) is 0 Å². The summed E-state index contributed by atoms with van der Waals surface area (Å²) in [6.07, 6.45) is 0.676. The summed E-state index contributed by atoms with van der Waals surface area (Å²) in [5.74, 6) is 0.309. The van der Waals surface area contributed by atoms with Gasteiger partial charge in [0.05, 0.1) is 5.56 Å². The molecule has 5 heteroatoms. The van der Waals surface area contributed by atoms with E-state index in [9.17, 15) is 9.59 Å². The predicted molar refractivity (Wildman–Crippen MR) is 57.6 cm³/mol. The predicted octanol–water partition coefficient (Wildman–Crippen LogP) is 2.16. The standard InChI is InChI=1S/C10H9BrO4/c1-7(13)15-9-3-2-8(5-12)10(4-9)14-6-11/h2-5H,6H2,1H3. The van der Waals surface area contributed by atoms with Gasteiger partial charge in [-0.3, -0.25) is 9.59 Å². The van der Waals surface area contributed by atoms with Crippen LogP contribution in [0.2, 0.25) is 0 Å². The van der Waals surface area contributed by atoms with Crippen LogP contribution in [-0.2, 0) is 4.79 Å². The average Bonchev–Trinajstić information content (AvgIpc) is 2.18. The highest BCUT2D eigenvalue weighted by atomic mass is 79.9. The van der Waals surface area contributed by atoms with E-state index in [0.29, 0.717) is 23.3 Å². The molecule has 0 unspecified atom stereocenters. The number of carbonyl (C=O) groups is 2. The summed E-state index contributed by atoms with van der Waals surface area (Å²) >= 11 is 3.08. The van der Waals surface area contributed by atoms with Crippen LogP contribution in [-0.4, -0.2) is 17.8 Å². The smallest absolute Gasteiger partial charge is 0.308 e. The Hall–Kier alpha value is -1.36. The lowest BCUT2D eigenvalue weighted by molar-refractivity contribution is -0.131. The van der Waals surface area contributed by atoms with Crippen LogP contribution in [0.4, 0.5) is 0 Å². The van der Waals surface area contributed by atoms with E-state index in [0.717, 1.165) is 0 Å². The largest absolute Gasteiger partial charge is 0.482 e. The minimum absolute atomic E-state index is 0.261. The van der Waals surface area contributed by atoms with Crippen molar-refractivity contribution in [3.8, 4) is 11.5 Å². The molecule has 0 bridgehead atoms. The van der Waals surface area contributed by atoms with E-state index >= 15 is 0 Å². The number of carbonyl (C=O) groups excluding carboxylic acids is 2. The second-order valence-electron chi connectivity index (χ2n) is 2.66. The topological polar surface area (TPSA) is 52.6 Å². The summed E-state index contributed by atoms with van der Waals surface area (Å²) in [5.41, 5.74) is 0.669. The molecule has 0 saturated carbocycles. The molecule has 0 radical (unpaired) electrons. The highest BCUT2D eigenvalue weighted by Gasteiger charge is 2.06. The van der Waals surface area contributed by atoms with Crippen molar-refractivity contribution < 1.29 is 19.1 Å². The van der Waals surface area contributed by atoms with Crippen LogP contribution in [0.25, 0.3) is 0 Å². The molecule has 0 amide bonds. The monoisotopic (exact) mass is 272 g/mol. The van der Waals surface area contributed by atoms with Crippen molar-refractivity contribution in [1.82, 2.24) is 0 Å². The van der Waals surface area contributed by atoms with Crippen LogP contribution >= 0.6 is 15.9 Å². The van der Waals surface area contributed by atoms with Crippen molar-refractivity contribution in [3.05, 3.63) is 23.8 Å². The fourth-order valence-corrected chi connectivity index (χ4v) is 1.27. The molecule has 0 saturated heterocycles. The Kier molecular flexibility index (Phi) is 4.30. The fraction of sp³-hybridized carbons (Fsp3) is 0.200. The van der Waals surface area contributed by atoms with Gasteiger partial charge in [-0.25, -0.2) is 0 Å². The minimum atomic E-state index is -0.418. The second kappa shape index (κ2) is 5.50. The molecular formula is C10H9BrO4. The van der Waals surface area contributed by atoms with Gasteiger partial charge in [0.2, 0.25) is 0 Å². The summed E-state index contributed by atoms with van der Waals surface area (Å²) < 4.78 is 9.99. The number of hydrogen-bond acceptors (Lipinski definition) is 4. The van der Waals surface area contributed by atoms with E-state index in [1.165, 1.54) is 25.1 Å². The van der Waals surface area contributed by atoms with Gasteiger partial charge in [0.15, 0.2) is 6.29 Å². The van der Waals surface area contributed by atoms with Gasteiger partial charge in [0.25, 0.3) is 0 Å². The molecule has 0 aromatic heterocycles. The number of alkyl halides is 1. The Balaban J connectivity index is 2.98. The van der Waals surface area contributed by atoms with E-state index in [1.54, 1.807) is 0 Å². The Bertz CT molecular complexity index is 376. The molecule has 15 heavy (non-hydrogen) atoms. The van der Waals surface area contributed by atoms with Crippen molar-refractivity contribution in [1.29, 1.82) is 0 Å². The Morgan fingerprint density at radius 2 is 2.27 bits per heavy atom. The van der Waals surface area contributed by atoms with Gasteiger partial charge in [-0.1, -0.05) is 0 Å². The molecule has 0 aliphatic heterocycles. The number of ether oxygens (including phenoxy) is 2. The lowest BCUT2D eigenvalue weighted by Crippen LogP contribution is -2.02. The van der Waals surface area contributed by atoms with Crippen LogP contribution in [0, 0.1) is 0 Å². The zero-order valence-corrected chi connectivity index (χ0v) is 9.61. The molecule has 0 fully saturated rings. The molecule has 1 aromatic carbocycles. The van der Waals surface area contributed by atoms with E-state index in [1.807, 2.05) is 0 Å². The maximum absolute atomic E-state index is 10.7. The Morgan fingerprint density at radius 1 is 1.53 bits per heavy atom. The first-order chi connectivity index (χ1) is 7.17. The molecule has 1 aromatic rings. The molecular weight excluding hydrogens is 264 g/mol. The number of esters is 1. The Labute approximate surface area is 95.3 Å². The molecule has 0 heterocycles. The van der Waals surface area contributed by atoms with Gasteiger partial charge in [0, 0.05) is 13.0 Å². The van der Waals surface area contributed by atoms with Crippen molar-refractivity contribution in [3.63, 3.8) is 0 Å². The first-order valence-corrected chi connectivity index (χ1v) is 5.26. The summed E-state index contributed by atoms with van der Waals surface area (Å²) in [6, 6.07) is 4.56. The highest BCUT2D eigenvalue weighted by molar-refractivity contribution is 9.09. The second-order valence-corrected chi connectivity index (χ2v) is 3.12. The molecule has 0 spiro atoms. The SMILES string of the molecule is CC(=O)Oc1ccc(C=O)c(OCBr)c1. The molecule has 0 aliphatic rings. The fourth-order valence-electron chi connectivity index (χ4n) is 1.03. The molecule has 1 rings (SSSR count). The lowest BCUT2D eigenvalue weighted by atomic mass is 10.2. The first-order valence-electron chi connectivity index (χ1n) is 4.13. The van der Waals surface area contributed by atoms with E-state index < -0.39 is 5.97 Å². The normalized spacial score (nSPS) is 9.47. The van der Waals surface area contributed by atoms with Crippen LogP contribution in [0.3, 0.4) is 0 Å². The molecule has 4 nitrogen and oxygen atoms in total. The molecule has 80 valence electrons. The number of halogens is 1. The summed E-state index contributed by atoms with van der Waals surface area (Å²) in [4.78, 5) is 21.3. The van der Waals surface area contributed by atoms with Gasteiger partial charge < -0.3 is 9.47 Å². The zero-order chi connectivity index (χ0) is 11.3. The summed E-state index contributed by atoms with van der Waals surface area (Å²) in [7, 11) is 0. The zero-order valence-electron chi connectivity index (χ0n) is 8.03. The number of hydrogen-bond donors (Lipinski definition) is 0. The van der Waals surface area contributed by atoms with Crippen LogP contribution in [0.5, 0.6) is 11.5 Å². The van der Waals surface area contributed by atoms with Gasteiger partial charge in [0.1, 0.15) is 17.0 Å². The van der Waals surface area contributed by atoms with Crippen LogP contribution < -0.4 is 9.47 Å². The third-order valence-corrected chi connectivity index (χ3v) is 1.81. The van der Waals surface area contributed by atoms with E-state index in [2.05, 4.69) is 15.9 Å². The Morgan fingerprint density at radius 3 is 2.80 bits per heavy atom. The summed E-state index contributed by atoms with van der Waals surface area (Å²) in [5, 5.41) is 0. The maximum Gasteiger partial charge on any atom is 0.308 e. The average molecular weight is 273 g/mol. The number of benzene rings is 1. The van der Waals surface area contributed by atoms with Crippen molar-refractivity contribution in [2.75, 3.05) is 5.52 Å². The quantitative estimate of drug-likeness (QED) is 0.365. The van der Waals surface area contributed by atoms with Gasteiger partial charge >= 0.3 is 5.97 Å². The maximum atomic E-state index is 10.7. The van der Waals surface area contributed by atoms with E-state index in [4.69, 9.17) is 9.47 Å². The molecule has 0 N–H and O–H groups in total. The first kappa shape index (κ1) is 11.7. The summed E-state index contributed by atoms with van der Waals surface area (Å²) in [6.45, 7) is 1.30.